The molecule has 0 fully saturated rings. The van der Waals surface area contributed by atoms with Crippen molar-refractivity contribution in [3.63, 3.8) is 0 Å². The average Bonchev–Trinajstić information content (AvgIpc) is 2.62. The van der Waals surface area contributed by atoms with Gasteiger partial charge in [-0.25, -0.2) is 5.09 Å². The Labute approximate surface area is 173 Å². The van der Waals surface area contributed by atoms with E-state index in [9.17, 15) is 4.57 Å². The van der Waals surface area contributed by atoms with Crippen LogP contribution < -0.4 is 5.09 Å². The third-order valence-electron chi connectivity index (χ3n) is 4.48. The fourth-order valence-electron chi connectivity index (χ4n) is 3.02. The summed E-state index contributed by atoms with van der Waals surface area (Å²) in [7, 11) is 0. The summed E-state index contributed by atoms with van der Waals surface area (Å²) >= 11 is 7.20. The van der Waals surface area contributed by atoms with Crippen molar-refractivity contribution in [3.8, 4) is 0 Å². The molecule has 26 heavy (non-hydrogen) atoms. The standard InChI is InChI=1S/C20H43N2OPS2/c1-5-9-10-11-12-13-14-15-16-17-18-20(25)22(8-4)24(23,21-7-3)26-19-6-2/h5-19H2,1-4H3,(H,21,23). The molecule has 0 heterocycles. The zero-order chi connectivity index (χ0) is 19.7. The first-order valence-corrected chi connectivity index (χ1v) is 14.5. The molecule has 0 aromatic rings. The molecule has 1 atom stereocenters. The molecule has 0 bridgehead atoms. The van der Waals surface area contributed by atoms with Crippen LogP contribution in [0.1, 0.15) is 105 Å². The minimum atomic E-state index is -2.62. The fourth-order valence-corrected chi connectivity index (χ4v) is 8.80. The summed E-state index contributed by atoms with van der Waals surface area (Å²) in [4.78, 5) is 0.875. The Bertz CT molecular complexity index is 394. The van der Waals surface area contributed by atoms with E-state index >= 15 is 0 Å². The molecule has 6 heteroatoms. The lowest BCUT2D eigenvalue weighted by atomic mass is 10.1. The van der Waals surface area contributed by atoms with E-state index in [1.165, 1.54) is 57.8 Å². The third kappa shape index (κ3) is 12.0. The van der Waals surface area contributed by atoms with Crippen LogP contribution in [0.25, 0.3) is 0 Å². The molecule has 0 aliphatic rings. The lowest BCUT2D eigenvalue weighted by molar-refractivity contribution is 0.523. The third-order valence-corrected chi connectivity index (χ3v) is 10.4. The predicted octanol–water partition coefficient (Wildman–Crippen LogP) is 7.81. The minimum absolute atomic E-state index is 0.714. The summed E-state index contributed by atoms with van der Waals surface area (Å²) < 4.78 is 15.3. The number of unbranched alkanes of at least 4 members (excludes halogenated alkanes) is 9. The first-order valence-electron chi connectivity index (χ1n) is 10.9. The quantitative estimate of drug-likeness (QED) is 0.138. The highest BCUT2D eigenvalue weighted by Crippen LogP contribution is 2.58. The van der Waals surface area contributed by atoms with E-state index in [4.69, 9.17) is 12.2 Å². The SMILES string of the molecule is CCCCCCCCCCCCC(=S)N(CC)P(=O)(NCC)SCCC. The Hall–Kier alpha value is 0.430. The van der Waals surface area contributed by atoms with E-state index in [1.807, 2.05) is 11.6 Å². The van der Waals surface area contributed by atoms with Crippen molar-refractivity contribution in [1.29, 1.82) is 0 Å². The van der Waals surface area contributed by atoms with Gasteiger partial charge in [0.05, 0.1) is 4.99 Å². The molecular formula is C20H43N2OPS2. The van der Waals surface area contributed by atoms with Crippen molar-refractivity contribution in [2.24, 2.45) is 0 Å². The maximum atomic E-state index is 13.3. The Balaban J connectivity index is 4.08. The van der Waals surface area contributed by atoms with Gasteiger partial charge in [0.25, 0.3) is 6.65 Å². The van der Waals surface area contributed by atoms with Crippen LogP contribution in [-0.4, -0.2) is 28.5 Å². The molecule has 0 saturated carbocycles. The molecule has 0 rings (SSSR count). The number of thiocarbonyl (C=S) groups is 1. The Kier molecular flexibility index (Phi) is 17.8. The Morgan fingerprint density at radius 2 is 1.42 bits per heavy atom. The van der Waals surface area contributed by atoms with Gasteiger partial charge in [0.2, 0.25) is 0 Å². The molecule has 0 aliphatic heterocycles. The molecule has 0 aromatic carbocycles. The molecule has 1 unspecified atom stereocenters. The summed E-state index contributed by atoms with van der Waals surface area (Å²) in [6.07, 6.45) is 15.2. The van der Waals surface area contributed by atoms with Gasteiger partial charge in [-0.2, -0.15) is 0 Å². The van der Waals surface area contributed by atoms with Gasteiger partial charge >= 0.3 is 0 Å². The van der Waals surface area contributed by atoms with E-state index in [-0.39, 0.29) is 0 Å². The van der Waals surface area contributed by atoms with Gasteiger partial charge < -0.3 is 0 Å². The predicted molar refractivity (Wildman–Crippen MR) is 125 cm³/mol. The molecule has 0 amide bonds. The van der Waals surface area contributed by atoms with Gasteiger partial charge in [-0.05, 0) is 26.2 Å². The van der Waals surface area contributed by atoms with Gasteiger partial charge in [-0.15, -0.1) is 0 Å². The Morgan fingerprint density at radius 1 is 0.885 bits per heavy atom. The average molecular weight is 423 g/mol. The summed E-state index contributed by atoms with van der Waals surface area (Å²) in [5, 5.41) is 3.22. The first kappa shape index (κ1) is 26.4. The van der Waals surface area contributed by atoms with Gasteiger partial charge in [0, 0.05) is 18.8 Å². The van der Waals surface area contributed by atoms with Crippen molar-refractivity contribution in [3.05, 3.63) is 0 Å². The van der Waals surface area contributed by atoms with E-state index in [0.29, 0.717) is 6.54 Å². The smallest absolute Gasteiger partial charge is 0.293 e. The minimum Gasteiger partial charge on any atom is -0.297 e. The van der Waals surface area contributed by atoms with E-state index in [0.717, 1.165) is 36.5 Å². The van der Waals surface area contributed by atoms with Gasteiger partial charge in [0.15, 0.2) is 0 Å². The summed E-state index contributed by atoms with van der Waals surface area (Å²) in [6, 6.07) is 0. The number of hydrogen-bond donors (Lipinski definition) is 1. The van der Waals surface area contributed by atoms with Gasteiger partial charge in [-0.1, -0.05) is 102 Å². The van der Waals surface area contributed by atoms with Crippen LogP contribution in [0.3, 0.4) is 0 Å². The number of hydrogen-bond acceptors (Lipinski definition) is 3. The Morgan fingerprint density at radius 3 is 1.88 bits per heavy atom. The first-order chi connectivity index (χ1) is 12.6. The van der Waals surface area contributed by atoms with E-state index in [2.05, 4.69) is 25.9 Å². The second-order valence-electron chi connectivity index (χ2n) is 6.91. The normalized spacial score (nSPS) is 13.5. The number of rotatable bonds is 18. The van der Waals surface area contributed by atoms with Crippen molar-refractivity contribution in [2.75, 3.05) is 18.8 Å². The van der Waals surface area contributed by atoms with Crippen LogP contribution >= 0.6 is 30.2 Å². The maximum absolute atomic E-state index is 13.3. The van der Waals surface area contributed by atoms with Gasteiger partial charge in [0.1, 0.15) is 0 Å². The molecule has 1 N–H and O–H groups in total. The number of nitrogens with zero attached hydrogens (tertiary/aromatic N) is 1. The molecule has 3 nitrogen and oxygen atoms in total. The lowest BCUT2D eigenvalue weighted by Gasteiger charge is -2.32. The van der Waals surface area contributed by atoms with Crippen molar-refractivity contribution in [2.45, 2.75) is 105 Å². The van der Waals surface area contributed by atoms with Crippen LogP contribution in [0, 0.1) is 0 Å². The summed E-state index contributed by atoms with van der Waals surface area (Å²) in [5.74, 6) is 0.904. The highest BCUT2D eigenvalue weighted by Gasteiger charge is 2.30. The van der Waals surface area contributed by atoms with Crippen LogP contribution in [-0.2, 0) is 4.57 Å². The zero-order valence-electron chi connectivity index (χ0n) is 17.7. The van der Waals surface area contributed by atoms with E-state index in [1.54, 1.807) is 11.4 Å². The van der Waals surface area contributed by atoms with Gasteiger partial charge in [-0.3, -0.25) is 9.24 Å². The second-order valence-corrected chi connectivity index (χ2v) is 12.1. The molecule has 0 aliphatic carbocycles. The molecular weight excluding hydrogens is 379 g/mol. The van der Waals surface area contributed by atoms with E-state index < -0.39 is 6.65 Å². The lowest BCUT2D eigenvalue weighted by Crippen LogP contribution is -2.31. The second kappa shape index (κ2) is 17.5. The molecule has 0 spiro atoms. The van der Waals surface area contributed by atoms with Crippen LogP contribution in [0.2, 0.25) is 0 Å². The highest BCUT2D eigenvalue weighted by atomic mass is 32.7. The van der Waals surface area contributed by atoms with Crippen molar-refractivity contribution in [1.82, 2.24) is 9.76 Å². The summed E-state index contributed by atoms with van der Waals surface area (Å²) in [6.45, 7) is 7.27. The zero-order valence-corrected chi connectivity index (χ0v) is 20.3. The maximum Gasteiger partial charge on any atom is 0.293 e. The monoisotopic (exact) mass is 422 g/mol. The molecule has 156 valence electrons. The van der Waals surface area contributed by atoms with Crippen LogP contribution in [0.15, 0.2) is 0 Å². The molecule has 0 saturated heterocycles. The highest BCUT2D eigenvalue weighted by molar-refractivity contribution is 8.56. The summed E-state index contributed by atoms with van der Waals surface area (Å²) in [5.41, 5.74) is 0. The van der Waals surface area contributed by atoms with Crippen molar-refractivity contribution < 1.29 is 4.57 Å². The molecule has 0 radical (unpaired) electrons. The number of nitrogens with one attached hydrogen (secondary N) is 1. The topological polar surface area (TPSA) is 32.3 Å². The fraction of sp³-hybridized carbons (Fsp3) is 0.950. The van der Waals surface area contributed by atoms with Crippen molar-refractivity contribution >= 4 is 35.2 Å². The van der Waals surface area contributed by atoms with Crippen LogP contribution in [0.4, 0.5) is 0 Å². The molecule has 0 aromatic heterocycles. The largest absolute Gasteiger partial charge is 0.297 e. The van der Waals surface area contributed by atoms with Crippen LogP contribution in [0.5, 0.6) is 0 Å².